The molecule has 3 atom stereocenters. The van der Waals surface area contributed by atoms with Gasteiger partial charge in [-0.2, -0.15) is 17.4 Å². The van der Waals surface area contributed by atoms with Gasteiger partial charge in [0.2, 0.25) is 0 Å². The summed E-state index contributed by atoms with van der Waals surface area (Å²) >= 11 is 0. The van der Waals surface area contributed by atoms with E-state index in [-0.39, 0.29) is 6.04 Å². The standard InChI is InChI=1S/C13H27N3O2S/c1-11-5-4-8-16(10-11)19(17,18)15-13-7-3-2-6-12(13)9-14/h11-13,15H,2-10,14H2,1H3. The summed E-state index contributed by atoms with van der Waals surface area (Å²) < 4.78 is 29.4. The molecule has 19 heavy (non-hydrogen) atoms. The molecular formula is C13H27N3O2S. The molecule has 0 spiro atoms. The molecule has 1 saturated heterocycles. The fraction of sp³-hybridized carbons (Fsp3) is 1.00. The van der Waals surface area contributed by atoms with Crippen molar-refractivity contribution in [3.8, 4) is 0 Å². The first-order valence-electron chi connectivity index (χ1n) is 7.50. The van der Waals surface area contributed by atoms with Crippen molar-refractivity contribution in [3.63, 3.8) is 0 Å². The molecule has 2 fully saturated rings. The predicted octanol–water partition coefficient (Wildman–Crippen LogP) is 1.07. The highest BCUT2D eigenvalue weighted by molar-refractivity contribution is 7.87. The van der Waals surface area contributed by atoms with E-state index in [4.69, 9.17) is 5.73 Å². The minimum absolute atomic E-state index is 0.0287. The van der Waals surface area contributed by atoms with Gasteiger partial charge in [0.05, 0.1) is 0 Å². The Morgan fingerprint density at radius 3 is 2.63 bits per heavy atom. The number of nitrogens with zero attached hydrogens (tertiary/aromatic N) is 1. The minimum Gasteiger partial charge on any atom is -0.330 e. The number of piperidine rings is 1. The Bertz CT molecular complexity index is 385. The van der Waals surface area contributed by atoms with Crippen molar-refractivity contribution in [1.29, 1.82) is 0 Å². The number of hydrogen-bond acceptors (Lipinski definition) is 3. The van der Waals surface area contributed by atoms with Crippen LogP contribution in [0.2, 0.25) is 0 Å². The van der Waals surface area contributed by atoms with Crippen molar-refractivity contribution in [3.05, 3.63) is 0 Å². The molecule has 2 aliphatic rings. The second-order valence-electron chi connectivity index (χ2n) is 6.12. The van der Waals surface area contributed by atoms with E-state index in [0.29, 0.717) is 31.5 Å². The van der Waals surface area contributed by atoms with Gasteiger partial charge in [-0.05, 0) is 44.1 Å². The van der Waals surface area contributed by atoms with E-state index in [9.17, 15) is 8.42 Å². The van der Waals surface area contributed by atoms with Crippen molar-refractivity contribution in [1.82, 2.24) is 9.03 Å². The van der Waals surface area contributed by atoms with Crippen molar-refractivity contribution >= 4 is 10.2 Å². The second-order valence-corrected chi connectivity index (χ2v) is 7.82. The van der Waals surface area contributed by atoms with E-state index < -0.39 is 10.2 Å². The molecule has 0 aromatic heterocycles. The SMILES string of the molecule is CC1CCCN(S(=O)(=O)NC2CCCCC2CN)C1. The molecular weight excluding hydrogens is 262 g/mol. The van der Waals surface area contributed by atoms with Gasteiger partial charge in [-0.25, -0.2) is 0 Å². The quantitative estimate of drug-likeness (QED) is 0.813. The van der Waals surface area contributed by atoms with Crippen LogP contribution in [-0.2, 0) is 10.2 Å². The molecule has 0 bridgehead atoms. The first-order chi connectivity index (χ1) is 9.03. The minimum atomic E-state index is -3.33. The molecule has 1 aliphatic heterocycles. The van der Waals surface area contributed by atoms with Crippen molar-refractivity contribution in [2.45, 2.75) is 51.5 Å². The second kappa shape index (κ2) is 6.52. The molecule has 3 unspecified atom stereocenters. The van der Waals surface area contributed by atoms with Gasteiger partial charge < -0.3 is 5.73 Å². The van der Waals surface area contributed by atoms with Gasteiger partial charge in [-0.1, -0.05) is 19.8 Å². The highest BCUT2D eigenvalue weighted by atomic mass is 32.2. The van der Waals surface area contributed by atoms with Crippen LogP contribution in [0, 0.1) is 11.8 Å². The van der Waals surface area contributed by atoms with Crippen LogP contribution in [0.5, 0.6) is 0 Å². The van der Waals surface area contributed by atoms with E-state index in [1.54, 1.807) is 4.31 Å². The van der Waals surface area contributed by atoms with Gasteiger partial charge in [0.25, 0.3) is 10.2 Å². The normalized spacial score (nSPS) is 34.3. The molecule has 3 N–H and O–H groups in total. The number of hydrogen-bond donors (Lipinski definition) is 2. The zero-order chi connectivity index (χ0) is 13.9. The lowest BCUT2D eigenvalue weighted by atomic mass is 9.85. The maximum absolute atomic E-state index is 12.4. The van der Waals surface area contributed by atoms with Gasteiger partial charge in [0, 0.05) is 19.1 Å². The van der Waals surface area contributed by atoms with Gasteiger partial charge in [0.15, 0.2) is 0 Å². The van der Waals surface area contributed by atoms with Crippen LogP contribution in [0.4, 0.5) is 0 Å². The van der Waals surface area contributed by atoms with Crippen LogP contribution in [0.3, 0.4) is 0 Å². The highest BCUT2D eigenvalue weighted by Gasteiger charge is 2.32. The number of nitrogens with two attached hydrogens (primary N) is 1. The van der Waals surface area contributed by atoms with Crippen LogP contribution in [0.15, 0.2) is 0 Å². The number of rotatable bonds is 4. The topological polar surface area (TPSA) is 75.4 Å². The average Bonchev–Trinajstić information content (AvgIpc) is 2.39. The first-order valence-corrected chi connectivity index (χ1v) is 8.94. The van der Waals surface area contributed by atoms with Gasteiger partial charge >= 0.3 is 0 Å². The van der Waals surface area contributed by atoms with E-state index in [1.807, 2.05) is 0 Å². The third-order valence-electron chi connectivity index (χ3n) is 4.47. The molecule has 1 aliphatic carbocycles. The molecule has 112 valence electrons. The summed E-state index contributed by atoms with van der Waals surface area (Å²) in [6.45, 7) is 3.99. The Kier molecular flexibility index (Phi) is 5.22. The van der Waals surface area contributed by atoms with Crippen LogP contribution < -0.4 is 10.5 Å². The Labute approximate surface area is 117 Å². The third kappa shape index (κ3) is 3.90. The molecule has 5 nitrogen and oxygen atoms in total. The smallest absolute Gasteiger partial charge is 0.279 e. The summed E-state index contributed by atoms with van der Waals surface area (Å²) in [6, 6.07) is 0.0287. The fourth-order valence-corrected chi connectivity index (χ4v) is 4.94. The summed E-state index contributed by atoms with van der Waals surface area (Å²) in [5, 5.41) is 0. The number of nitrogens with one attached hydrogen (secondary N) is 1. The average molecular weight is 289 g/mol. The summed E-state index contributed by atoms with van der Waals surface area (Å²) in [5.74, 6) is 0.757. The summed E-state index contributed by atoms with van der Waals surface area (Å²) in [5.41, 5.74) is 5.76. The monoisotopic (exact) mass is 289 g/mol. The molecule has 1 saturated carbocycles. The lowest BCUT2D eigenvalue weighted by Gasteiger charge is -2.35. The Hall–Kier alpha value is -0.170. The van der Waals surface area contributed by atoms with Crippen molar-refractivity contribution < 1.29 is 8.42 Å². The Morgan fingerprint density at radius 1 is 1.21 bits per heavy atom. The maximum Gasteiger partial charge on any atom is 0.279 e. The summed E-state index contributed by atoms with van der Waals surface area (Å²) in [7, 11) is -3.33. The first kappa shape index (κ1) is 15.2. The van der Waals surface area contributed by atoms with E-state index in [1.165, 1.54) is 6.42 Å². The summed E-state index contributed by atoms with van der Waals surface area (Å²) in [4.78, 5) is 0. The van der Waals surface area contributed by atoms with Gasteiger partial charge in [-0.15, -0.1) is 0 Å². The highest BCUT2D eigenvalue weighted by Crippen LogP contribution is 2.25. The van der Waals surface area contributed by atoms with Crippen LogP contribution in [-0.4, -0.2) is 38.4 Å². The lowest BCUT2D eigenvalue weighted by molar-refractivity contribution is 0.260. The van der Waals surface area contributed by atoms with Crippen LogP contribution >= 0.6 is 0 Å². The molecule has 0 aromatic rings. The lowest BCUT2D eigenvalue weighted by Crippen LogP contribution is -2.52. The molecule has 0 aromatic carbocycles. The zero-order valence-electron chi connectivity index (χ0n) is 11.8. The van der Waals surface area contributed by atoms with Crippen LogP contribution in [0.25, 0.3) is 0 Å². The molecule has 2 rings (SSSR count). The summed E-state index contributed by atoms with van der Waals surface area (Å²) in [6.07, 6.45) is 6.32. The predicted molar refractivity (Wildman–Crippen MR) is 76.8 cm³/mol. The largest absolute Gasteiger partial charge is 0.330 e. The Balaban J connectivity index is 1.99. The van der Waals surface area contributed by atoms with E-state index >= 15 is 0 Å². The van der Waals surface area contributed by atoms with E-state index in [0.717, 1.165) is 32.1 Å². The molecule has 6 heteroatoms. The molecule has 0 radical (unpaired) electrons. The third-order valence-corrected chi connectivity index (χ3v) is 6.08. The maximum atomic E-state index is 12.4. The van der Waals surface area contributed by atoms with Gasteiger partial charge in [-0.3, -0.25) is 0 Å². The van der Waals surface area contributed by atoms with Crippen molar-refractivity contribution in [2.75, 3.05) is 19.6 Å². The molecule has 0 amide bonds. The van der Waals surface area contributed by atoms with Crippen LogP contribution in [0.1, 0.15) is 45.4 Å². The Morgan fingerprint density at radius 2 is 1.95 bits per heavy atom. The van der Waals surface area contributed by atoms with E-state index in [2.05, 4.69) is 11.6 Å². The zero-order valence-corrected chi connectivity index (χ0v) is 12.7. The van der Waals surface area contributed by atoms with Crippen molar-refractivity contribution in [2.24, 2.45) is 17.6 Å². The van der Waals surface area contributed by atoms with Gasteiger partial charge in [0.1, 0.15) is 0 Å². The molecule has 1 heterocycles. The fourth-order valence-electron chi connectivity index (χ4n) is 3.28.